The van der Waals surface area contributed by atoms with Crippen LogP contribution >= 0.6 is 0 Å². The van der Waals surface area contributed by atoms with Crippen LogP contribution in [0, 0.1) is 5.92 Å². The van der Waals surface area contributed by atoms with Crippen LogP contribution < -0.4 is 10.5 Å². The Kier molecular flexibility index (Phi) is 3.47. The first-order chi connectivity index (χ1) is 10.3. The zero-order valence-electron chi connectivity index (χ0n) is 13.5. The number of β-amino-alcohol motifs (C(OH)–C–C–N with tert-alkyl or cyclic N) is 1. The van der Waals surface area contributed by atoms with Crippen molar-refractivity contribution in [3.05, 3.63) is 16.6 Å². The summed E-state index contributed by atoms with van der Waals surface area (Å²) in [6.07, 6.45) is 2.03. The van der Waals surface area contributed by atoms with Crippen molar-refractivity contribution in [2.45, 2.75) is 45.8 Å². The molecule has 1 saturated heterocycles. The van der Waals surface area contributed by atoms with Crippen LogP contribution in [0.3, 0.4) is 0 Å². The van der Waals surface area contributed by atoms with Gasteiger partial charge in [-0.15, -0.1) is 0 Å². The van der Waals surface area contributed by atoms with E-state index in [1.54, 1.807) is 10.9 Å². The molecule has 2 aromatic rings. The minimum absolute atomic E-state index is 0.191. The van der Waals surface area contributed by atoms with Gasteiger partial charge in [0.05, 0.1) is 17.8 Å². The Hall–Kier alpha value is -1.89. The van der Waals surface area contributed by atoms with Crippen molar-refractivity contribution in [2.24, 2.45) is 5.92 Å². The lowest BCUT2D eigenvalue weighted by Gasteiger charge is -2.34. The molecule has 0 radical (unpaired) electrons. The summed E-state index contributed by atoms with van der Waals surface area (Å²) < 4.78 is 1.77. The van der Waals surface area contributed by atoms with Gasteiger partial charge >= 0.3 is 0 Å². The van der Waals surface area contributed by atoms with Crippen molar-refractivity contribution >= 4 is 17.0 Å². The fraction of sp³-hybridized carbons (Fsp3) is 0.667. The minimum atomic E-state index is -0.401. The highest BCUT2D eigenvalue weighted by Gasteiger charge is 2.27. The molecule has 3 rings (SSSR count). The fourth-order valence-corrected chi connectivity index (χ4v) is 2.79. The predicted molar refractivity (Wildman–Crippen MR) is 85.1 cm³/mol. The smallest absolute Gasteiger partial charge is 0.263 e. The Morgan fingerprint density at radius 3 is 2.77 bits per heavy atom. The van der Waals surface area contributed by atoms with E-state index in [0.717, 1.165) is 13.0 Å². The summed E-state index contributed by atoms with van der Waals surface area (Å²) >= 11 is 0. The number of nitrogens with one attached hydrogen (secondary N) is 1. The molecular weight excluding hydrogens is 282 g/mol. The summed E-state index contributed by atoms with van der Waals surface area (Å²) in [5.74, 6) is 0.779. The molecule has 0 spiro atoms. The van der Waals surface area contributed by atoms with Gasteiger partial charge in [-0.3, -0.25) is 9.78 Å². The van der Waals surface area contributed by atoms with Crippen molar-refractivity contribution < 1.29 is 5.11 Å². The number of hydrogen-bond donors (Lipinski definition) is 2. The second kappa shape index (κ2) is 5.08. The van der Waals surface area contributed by atoms with Crippen LogP contribution in [0.4, 0.5) is 5.95 Å². The van der Waals surface area contributed by atoms with E-state index in [1.807, 2.05) is 32.6 Å². The minimum Gasteiger partial charge on any atom is -0.391 e. The summed E-state index contributed by atoms with van der Waals surface area (Å²) in [7, 11) is 0. The summed E-state index contributed by atoms with van der Waals surface area (Å²) in [5.41, 5.74) is 0.137. The maximum absolute atomic E-state index is 12.3. The van der Waals surface area contributed by atoms with Gasteiger partial charge in [0, 0.05) is 13.1 Å². The lowest BCUT2D eigenvalue weighted by atomic mass is 9.96. The molecule has 7 nitrogen and oxygen atoms in total. The van der Waals surface area contributed by atoms with Gasteiger partial charge in [-0.25, -0.2) is 4.68 Å². The van der Waals surface area contributed by atoms with Crippen LogP contribution in [0.5, 0.6) is 0 Å². The molecule has 0 aliphatic carbocycles. The summed E-state index contributed by atoms with van der Waals surface area (Å²) in [4.78, 5) is 21.6. The number of anilines is 1. The molecule has 1 aliphatic rings. The van der Waals surface area contributed by atoms with E-state index in [4.69, 9.17) is 0 Å². The van der Waals surface area contributed by atoms with Crippen LogP contribution in [0.1, 0.15) is 34.1 Å². The van der Waals surface area contributed by atoms with Gasteiger partial charge < -0.3 is 10.0 Å². The third-order valence-corrected chi connectivity index (χ3v) is 4.28. The summed E-state index contributed by atoms with van der Waals surface area (Å²) in [6.45, 7) is 9.36. The van der Waals surface area contributed by atoms with Gasteiger partial charge in [-0.05, 0) is 33.1 Å². The Morgan fingerprint density at radius 1 is 1.41 bits per heavy atom. The second-order valence-electron chi connectivity index (χ2n) is 7.13. The number of aromatic amines is 1. The van der Waals surface area contributed by atoms with E-state index in [1.165, 1.54) is 0 Å². The summed E-state index contributed by atoms with van der Waals surface area (Å²) in [5, 5.41) is 14.9. The third-order valence-electron chi connectivity index (χ3n) is 4.28. The monoisotopic (exact) mass is 305 g/mol. The highest BCUT2D eigenvalue weighted by atomic mass is 16.3. The molecule has 2 N–H and O–H groups in total. The van der Waals surface area contributed by atoms with Crippen LogP contribution in [0.15, 0.2) is 11.0 Å². The Bertz CT molecular complexity index is 742. The molecule has 2 atom stereocenters. The van der Waals surface area contributed by atoms with E-state index < -0.39 is 6.10 Å². The molecule has 120 valence electrons. The highest BCUT2D eigenvalue weighted by molar-refractivity contribution is 5.74. The normalized spacial score (nSPS) is 23.2. The zero-order chi connectivity index (χ0) is 16.1. The van der Waals surface area contributed by atoms with E-state index in [9.17, 15) is 9.90 Å². The molecule has 0 aromatic carbocycles. The van der Waals surface area contributed by atoms with E-state index in [-0.39, 0.29) is 17.0 Å². The average Bonchev–Trinajstić information content (AvgIpc) is 2.86. The molecule has 0 amide bonds. The van der Waals surface area contributed by atoms with Crippen molar-refractivity contribution in [3.63, 3.8) is 0 Å². The van der Waals surface area contributed by atoms with Gasteiger partial charge in [0.2, 0.25) is 5.95 Å². The van der Waals surface area contributed by atoms with Crippen LogP contribution in [0.25, 0.3) is 11.0 Å². The second-order valence-corrected chi connectivity index (χ2v) is 7.13. The number of rotatable bonds is 1. The van der Waals surface area contributed by atoms with Gasteiger partial charge in [0.25, 0.3) is 5.56 Å². The molecule has 3 heterocycles. The number of aliphatic hydroxyl groups excluding tert-OH is 1. The summed E-state index contributed by atoms with van der Waals surface area (Å²) in [6, 6.07) is 0. The predicted octanol–water partition coefficient (Wildman–Crippen LogP) is 1.08. The van der Waals surface area contributed by atoms with Gasteiger partial charge in [-0.2, -0.15) is 10.1 Å². The number of fused-ring (bicyclic) bond motifs is 1. The standard InChI is InChI=1S/C15H23N5O2/c1-9-5-6-19(8-11(9)21)14-17-12-10(13(22)18-14)7-16-20(12)15(2,3)4/h7,9,11,21H,5-6,8H2,1-4H3,(H,17,18,22). The van der Waals surface area contributed by atoms with Crippen LogP contribution in [0.2, 0.25) is 0 Å². The molecule has 2 aromatic heterocycles. The SMILES string of the molecule is CC1CCN(c2nc3c(cnn3C(C)(C)C)c(=O)[nH]2)CC1O. The Labute approximate surface area is 129 Å². The van der Waals surface area contributed by atoms with E-state index in [2.05, 4.69) is 15.1 Å². The Balaban J connectivity index is 2.06. The van der Waals surface area contributed by atoms with E-state index in [0.29, 0.717) is 23.5 Å². The zero-order valence-corrected chi connectivity index (χ0v) is 13.5. The topological polar surface area (TPSA) is 87.0 Å². The highest BCUT2D eigenvalue weighted by Crippen LogP contribution is 2.23. The maximum atomic E-state index is 12.3. The lowest BCUT2D eigenvalue weighted by Crippen LogP contribution is -2.44. The Morgan fingerprint density at radius 2 is 2.14 bits per heavy atom. The number of aromatic nitrogens is 4. The largest absolute Gasteiger partial charge is 0.391 e. The van der Waals surface area contributed by atoms with Gasteiger partial charge in [-0.1, -0.05) is 6.92 Å². The number of aliphatic hydroxyl groups is 1. The molecule has 1 fully saturated rings. The van der Waals surface area contributed by atoms with Gasteiger partial charge in [0.1, 0.15) is 5.39 Å². The first kappa shape index (κ1) is 15.0. The first-order valence-corrected chi connectivity index (χ1v) is 7.69. The van der Waals surface area contributed by atoms with Crippen molar-refractivity contribution in [3.8, 4) is 0 Å². The number of hydrogen-bond acceptors (Lipinski definition) is 5. The van der Waals surface area contributed by atoms with Crippen molar-refractivity contribution in [2.75, 3.05) is 18.0 Å². The molecule has 2 unspecified atom stereocenters. The number of piperidine rings is 1. The van der Waals surface area contributed by atoms with Crippen LogP contribution in [-0.4, -0.2) is 44.0 Å². The molecule has 22 heavy (non-hydrogen) atoms. The first-order valence-electron chi connectivity index (χ1n) is 7.69. The maximum Gasteiger partial charge on any atom is 0.263 e. The molecule has 0 saturated carbocycles. The van der Waals surface area contributed by atoms with Gasteiger partial charge in [0.15, 0.2) is 5.65 Å². The third kappa shape index (κ3) is 2.49. The lowest BCUT2D eigenvalue weighted by molar-refractivity contribution is 0.102. The fourth-order valence-electron chi connectivity index (χ4n) is 2.79. The van der Waals surface area contributed by atoms with Crippen molar-refractivity contribution in [1.82, 2.24) is 19.7 Å². The van der Waals surface area contributed by atoms with Crippen molar-refractivity contribution in [1.29, 1.82) is 0 Å². The quantitative estimate of drug-likeness (QED) is 0.823. The van der Waals surface area contributed by atoms with Crippen LogP contribution in [-0.2, 0) is 5.54 Å². The van der Waals surface area contributed by atoms with E-state index >= 15 is 0 Å². The molecule has 7 heteroatoms. The number of nitrogens with zero attached hydrogens (tertiary/aromatic N) is 4. The molecule has 0 bridgehead atoms. The average molecular weight is 305 g/mol. The number of H-pyrrole nitrogens is 1. The molecule has 1 aliphatic heterocycles. The molecular formula is C15H23N5O2.